The standard InChI is InChI=1S/C15H20N2S/c1-9-6-11(3)13(7-10(9)2)14(16-5)15-12(4)17-8-18-15/h6-8,14,16H,1-5H3. The summed E-state index contributed by atoms with van der Waals surface area (Å²) in [6.45, 7) is 8.60. The van der Waals surface area contributed by atoms with E-state index in [1.165, 1.54) is 27.1 Å². The Bertz CT molecular complexity index is 558. The molecule has 1 heterocycles. The second kappa shape index (κ2) is 5.21. The number of aryl methyl sites for hydroxylation is 4. The number of thiazole rings is 1. The lowest BCUT2D eigenvalue weighted by atomic mass is 9.94. The molecule has 0 aliphatic rings. The fraction of sp³-hybridized carbons (Fsp3) is 0.400. The van der Waals surface area contributed by atoms with Crippen molar-refractivity contribution in [3.63, 3.8) is 0 Å². The number of rotatable bonds is 3. The highest BCUT2D eigenvalue weighted by Gasteiger charge is 2.18. The summed E-state index contributed by atoms with van der Waals surface area (Å²) in [5, 5.41) is 3.42. The van der Waals surface area contributed by atoms with E-state index < -0.39 is 0 Å². The van der Waals surface area contributed by atoms with Crippen LogP contribution in [0.2, 0.25) is 0 Å². The lowest BCUT2D eigenvalue weighted by Gasteiger charge is -2.19. The van der Waals surface area contributed by atoms with E-state index in [2.05, 4.69) is 50.1 Å². The van der Waals surface area contributed by atoms with E-state index in [9.17, 15) is 0 Å². The van der Waals surface area contributed by atoms with Crippen LogP contribution in [0.1, 0.15) is 38.9 Å². The van der Waals surface area contributed by atoms with Crippen LogP contribution in [-0.2, 0) is 0 Å². The summed E-state index contributed by atoms with van der Waals surface area (Å²) in [6, 6.07) is 4.81. The van der Waals surface area contributed by atoms with E-state index in [1.807, 2.05) is 12.6 Å². The van der Waals surface area contributed by atoms with Gasteiger partial charge in [0.15, 0.2) is 0 Å². The van der Waals surface area contributed by atoms with Crippen molar-refractivity contribution < 1.29 is 0 Å². The fourth-order valence-corrected chi connectivity index (χ4v) is 3.24. The van der Waals surface area contributed by atoms with E-state index in [1.54, 1.807) is 11.3 Å². The van der Waals surface area contributed by atoms with E-state index in [0.717, 1.165) is 5.69 Å². The average molecular weight is 260 g/mol. The molecule has 1 atom stereocenters. The van der Waals surface area contributed by atoms with Gasteiger partial charge in [0.2, 0.25) is 0 Å². The molecule has 0 aliphatic heterocycles. The Kier molecular flexibility index (Phi) is 3.83. The van der Waals surface area contributed by atoms with Crippen molar-refractivity contribution in [2.45, 2.75) is 33.7 Å². The predicted molar refractivity (Wildman–Crippen MR) is 78.4 cm³/mol. The van der Waals surface area contributed by atoms with Crippen LogP contribution in [0.15, 0.2) is 17.6 Å². The Morgan fingerprint density at radius 2 is 1.72 bits per heavy atom. The maximum absolute atomic E-state index is 4.36. The van der Waals surface area contributed by atoms with E-state index in [4.69, 9.17) is 0 Å². The SMILES string of the molecule is CNC(c1cc(C)c(C)cc1C)c1scnc1C. The normalized spacial score (nSPS) is 12.7. The highest BCUT2D eigenvalue weighted by atomic mass is 32.1. The van der Waals surface area contributed by atoms with Crippen LogP contribution in [0.4, 0.5) is 0 Å². The summed E-state index contributed by atoms with van der Waals surface area (Å²) in [4.78, 5) is 5.67. The van der Waals surface area contributed by atoms with Gasteiger partial charge in [-0.25, -0.2) is 4.98 Å². The van der Waals surface area contributed by atoms with Crippen LogP contribution >= 0.6 is 11.3 Å². The Labute approximate surface area is 113 Å². The minimum absolute atomic E-state index is 0.247. The molecule has 0 bridgehead atoms. The summed E-state index contributed by atoms with van der Waals surface area (Å²) in [6.07, 6.45) is 0. The zero-order valence-electron chi connectivity index (χ0n) is 11.7. The molecule has 2 nitrogen and oxygen atoms in total. The zero-order chi connectivity index (χ0) is 13.3. The van der Waals surface area contributed by atoms with Gasteiger partial charge in [0.1, 0.15) is 0 Å². The summed E-state index contributed by atoms with van der Waals surface area (Å²) >= 11 is 1.72. The monoisotopic (exact) mass is 260 g/mol. The highest BCUT2D eigenvalue weighted by Crippen LogP contribution is 2.30. The van der Waals surface area contributed by atoms with Gasteiger partial charge in [-0.3, -0.25) is 0 Å². The van der Waals surface area contributed by atoms with Crippen molar-refractivity contribution in [1.29, 1.82) is 0 Å². The van der Waals surface area contributed by atoms with Crippen LogP contribution in [0.5, 0.6) is 0 Å². The molecular formula is C15H20N2S. The second-order valence-electron chi connectivity index (χ2n) is 4.82. The molecule has 1 N–H and O–H groups in total. The molecule has 0 fully saturated rings. The molecule has 0 amide bonds. The average Bonchev–Trinajstić information content (AvgIpc) is 2.73. The van der Waals surface area contributed by atoms with Gasteiger partial charge in [0, 0.05) is 4.88 Å². The molecular weight excluding hydrogens is 240 g/mol. The number of nitrogens with zero attached hydrogens (tertiary/aromatic N) is 1. The van der Waals surface area contributed by atoms with E-state index >= 15 is 0 Å². The molecule has 0 saturated heterocycles. The molecule has 1 aromatic heterocycles. The van der Waals surface area contributed by atoms with Crippen molar-refractivity contribution in [3.05, 3.63) is 50.5 Å². The first kappa shape index (κ1) is 13.2. The molecule has 3 heteroatoms. The van der Waals surface area contributed by atoms with Gasteiger partial charge < -0.3 is 5.32 Å². The van der Waals surface area contributed by atoms with E-state index in [0.29, 0.717) is 0 Å². The van der Waals surface area contributed by atoms with Crippen LogP contribution in [-0.4, -0.2) is 12.0 Å². The lowest BCUT2D eigenvalue weighted by molar-refractivity contribution is 0.692. The molecule has 1 aromatic carbocycles. The first-order valence-electron chi connectivity index (χ1n) is 6.19. The van der Waals surface area contributed by atoms with Crippen molar-refractivity contribution in [2.75, 3.05) is 7.05 Å². The van der Waals surface area contributed by atoms with Gasteiger partial charge in [-0.2, -0.15) is 0 Å². The van der Waals surface area contributed by atoms with Gasteiger partial charge in [-0.15, -0.1) is 11.3 Å². The molecule has 18 heavy (non-hydrogen) atoms. The van der Waals surface area contributed by atoms with Crippen LogP contribution < -0.4 is 5.32 Å². The second-order valence-corrected chi connectivity index (χ2v) is 5.70. The Balaban J connectivity index is 2.52. The van der Waals surface area contributed by atoms with Crippen LogP contribution in [0, 0.1) is 27.7 Å². The summed E-state index contributed by atoms with van der Waals surface area (Å²) in [5.74, 6) is 0. The first-order valence-corrected chi connectivity index (χ1v) is 7.07. The van der Waals surface area contributed by atoms with Crippen molar-refractivity contribution >= 4 is 11.3 Å². The highest BCUT2D eigenvalue weighted by molar-refractivity contribution is 7.09. The maximum Gasteiger partial charge on any atom is 0.0798 e. The molecule has 1 unspecified atom stereocenters. The van der Waals surface area contributed by atoms with E-state index in [-0.39, 0.29) is 6.04 Å². The molecule has 0 radical (unpaired) electrons. The first-order chi connectivity index (χ1) is 8.54. The number of hydrogen-bond donors (Lipinski definition) is 1. The summed E-state index contributed by atoms with van der Waals surface area (Å²) < 4.78 is 0. The third-order valence-corrected chi connectivity index (χ3v) is 4.52. The molecule has 0 aliphatic carbocycles. The third kappa shape index (κ3) is 2.33. The number of hydrogen-bond acceptors (Lipinski definition) is 3. The Morgan fingerprint density at radius 3 is 2.28 bits per heavy atom. The van der Waals surface area contributed by atoms with Crippen LogP contribution in [0.25, 0.3) is 0 Å². The number of nitrogens with one attached hydrogen (secondary N) is 1. The zero-order valence-corrected chi connectivity index (χ0v) is 12.5. The third-order valence-electron chi connectivity index (χ3n) is 3.53. The molecule has 96 valence electrons. The number of benzene rings is 1. The van der Waals surface area contributed by atoms with Crippen molar-refractivity contribution in [3.8, 4) is 0 Å². The summed E-state index contributed by atoms with van der Waals surface area (Å²) in [7, 11) is 2.01. The maximum atomic E-state index is 4.36. The molecule has 0 saturated carbocycles. The summed E-state index contributed by atoms with van der Waals surface area (Å²) in [5.41, 5.74) is 8.44. The van der Waals surface area contributed by atoms with Gasteiger partial charge >= 0.3 is 0 Å². The minimum Gasteiger partial charge on any atom is -0.309 e. The molecule has 2 aromatic rings. The minimum atomic E-state index is 0.247. The van der Waals surface area contributed by atoms with Gasteiger partial charge in [-0.1, -0.05) is 12.1 Å². The number of aromatic nitrogens is 1. The van der Waals surface area contributed by atoms with Crippen molar-refractivity contribution in [1.82, 2.24) is 10.3 Å². The van der Waals surface area contributed by atoms with Crippen molar-refractivity contribution in [2.24, 2.45) is 0 Å². The van der Waals surface area contributed by atoms with Gasteiger partial charge in [-0.05, 0) is 57.0 Å². The predicted octanol–water partition coefficient (Wildman–Crippen LogP) is 3.69. The quantitative estimate of drug-likeness (QED) is 0.910. The largest absolute Gasteiger partial charge is 0.309 e. The Hall–Kier alpha value is -1.19. The molecule has 2 rings (SSSR count). The lowest BCUT2D eigenvalue weighted by Crippen LogP contribution is -2.18. The van der Waals surface area contributed by atoms with Crippen LogP contribution in [0.3, 0.4) is 0 Å². The smallest absolute Gasteiger partial charge is 0.0798 e. The van der Waals surface area contributed by atoms with Gasteiger partial charge in [0.25, 0.3) is 0 Å². The molecule has 0 spiro atoms. The van der Waals surface area contributed by atoms with Gasteiger partial charge in [0.05, 0.1) is 17.2 Å². The topological polar surface area (TPSA) is 24.9 Å². The fourth-order valence-electron chi connectivity index (χ4n) is 2.31. The Morgan fingerprint density at radius 1 is 1.06 bits per heavy atom.